The Morgan fingerprint density at radius 2 is 2.09 bits per heavy atom. The first kappa shape index (κ1) is 14.7. The molecular formula is C15H13ClN4OS. The zero-order valence-corrected chi connectivity index (χ0v) is 13.1. The van der Waals surface area contributed by atoms with Gasteiger partial charge < -0.3 is 5.32 Å². The Kier molecular flexibility index (Phi) is 4.50. The number of nitrogens with one attached hydrogen (secondary N) is 1. The molecule has 22 heavy (non-hydrogen) atoms. The van der Waals surface area contributed by atoms with Gasteiger partial charge in [-0.15, -0.1) is 0 Å². The van der Waals surface area contributed by atoms with Gasteiger partial charge in [0.25, 0.3) is 0 Å². The third kappa shape index (κ3) is 3.52. The van der Waals surface area contributed by atoms with Gasteiger partial charge in [0.2, 0.25) is 5.91 Å². The number of halogens is 1. The third-order valence-electron chi connectivity index (χ3n) is 3.16. The summed E-state index contributed by atoms with van der Waals surface area (Å²) in [6, 6.07) is 9.26. The van der Waals surface area contributed by atoms with E-state index in [-0.39, 0.29) is 18.5 Å². The molecule has 5 nitrogen and oxygen atoms in total. The Morgan fingerprint density at radius 1 is 1.27 bits per heavy atom. The van der Waals surface area contributed by atoms with Crippen molar-refractivity contribution in [3.8, 4) is 0 Å². The van der Waals surface area contributed by atoms with Crippen molar-refractivity contribution in [2.75, 3.05) is 0 Å². The second kappa shape index (κ2) is 6.72. The van der Waals surface area contributed by atoms with Gasteiger partial charge in [0.15, 0.2) is 0 Å². The summed E-state index contributed by atoms with van der Waals surface area (Å²) in [7, 11) is 0. The van der Waals surface area contributed by atoms with Crippen LogP contribution in [0.5, 0.6) is 0 Å². The molecule has 112 valence electrons. The molecule has 1 atom stereocenters. The number of aromatic nitrogens is 3. The van der Waals surface area contributed by atoms with Crippen LogP contribution in [0.1, 0.15) is 17.2 Å². The first-order valence-electron chi connectivity index (χ1n) is 6.62. The predicted octanol–water partition coefficient (Wildman–Crippen LogP) is 2.90. The maximum Gasteiger partial charge on any atom is 0.242 e. The summed E-state index contributed by atoms with van der Waals surface area (Å²) in [6.45, 7) is 0.133. The van der Waals surface area contributed by atoms with E-state index in [0.29, 0.717) is 5.02 Å². The molecule has 7 heteroatoms. The summed E-state index contributed by atoms with van der Waals surface area (Å²) in [5.74, 6) is -0.128. The number of hydrogen-bond acceptors (Lipinski definition) is 4. The van der Waals surface area contributed by atoms with Gasteiger partial charge in [0, 0.05) is 5.02 Å². The molecule has 0 unspecified atom stereocenters. The van der Waals surface area contributed by atoms with Crippen LogP contribution in [-0.2, 0) is 11.3 Å². The van der Waals surface area contributed by atoms with Gasteiger partial charge in [0.05, 0.1) is 6.04 Å². The van der Waals surface area contributed by atoms with E-state index in [1.54, 1.807) is 11.3 Å². The molecule has 3 rings (SSSR count). The number of rotatable bonds is 5. The van der Waals surface area contributed by atoms with Gasteiger partial charge in [-0.2, -0.15) is 16.4 Å². The monoisotopic (exact) mass is 332 g/mol. The Hall–Kier alpha value is -2.18. The minimum absolute atomic E-state index is 0.128. The zero-order valence-electron chi connectivity index (χ0n) is 11.5. The minimum atomic E-state index is -0.209. The average molecular weight is 333 g/mol. The minimum Gasteiger partial charge on any atom is -0.344 e. The first-order valence-corrected chi connectivity index (χ1v) is 7.94. The average Bonchev–Trinajstić information content (AvgIpc) is 3.19. The first-order chi connectivity index (χ1) is 10.7. The van der Waals surface area contributed by atoms with E-state index in [4.69, 9.17) is 11.6 Å². The Bertz CT molecular complexity index is 726. The van der Waals surface area contributed by atoms with E-state index in [2.05, 4.69) is 15.4 Å². The highest BCUT2D eigenvalue weighted by atomic mass is 35.5. The Morgan fingerprint density at radius 3 is 2.73 bits per heavy atom. The maximum atomic E-state index is 12.2. The van der Waals surface area contributed by atoms with Gasteiger partial charge in [-0.25, -0.2) is 9.67 Å². The third-order valence-corrected chi connectivity index (χ3v) is 4.11. The summed E-state index contributed by atoms with van der Waals surface area (Å²) in [6.07, 6.45) is 2.92. The lowest BCUT2D eigenvalue weighted by Crippen LogP contribution is -2.32. The number of amides is 1. The van der Waals surface area contributed by atoms with Crippen LogP contribution < -0.4 is 5.32 Å². The predicted molar refractivity (Wildman–Crippen MR) is 85.8 cm³/mol. The lowest BCUT2D eigenvalue weighted by Gasteiger charge is -2.18. The van der Waals surface area contributed by atoms with Gasteiger partial charge in [-0.1, -0.05) is 23.7 Å². The van der Waals surface area contributed by atoms with Crippen molar-refractivity contribution in [1.29, 1.82) is 0 Å². The van der Waals surface area contributed by atoms with Crippen LogP contribution in [0, 0.1) is 0 Å². The van der Waals surface area contributed by atoms with Crippen LogP contribution in [-0.4, -0.2) is 20.7 Å². The Balaban J connectivity index is 1.80. The number of thiophene rings is 1. The summed E-state index contributed by atoms with van der Waals surface area (Å²) in [5.41, 5.74) is 2.02. The number of nitrogens with zero attached hydrogens (tertiary/aromatic N) is 3. The molecular weight excluding hydrogens is 320 g/mol. The number of benzene rings is 1. The van der Waals surface area contributed by atoms with Gasteiger partial charge in [0.1, 0.15) is 19.2 Å². The summed E-state index contributed by atoms with van der Waals surface area (Å²) >= 11 is 7.53. The molecule has 0 saturated heterocycles. The van der Waals surface area contributed by atoms with E-state index >= 15 is 0 Å². The SMILES string of the molecule is O=C(Cn1cncn1)N[C@H](c1ccc(Cl)cc1)c1ccsc1. The van der Waals surface area contributed by atoms with Crippen molar-refractivity contribution in [3.05, 3.63) is 69.9 Å². The topological polar surface area (TPSA) is 59.8 Å². The number of carbonyl (C=O) groups excluding carboxylic acids is 1. The molecule has 1 amide bonds. The molecule has 2 heterocycles. The second-order valence-electron chi connectivity index (χ2n) is 4.70. The molecule has 0 aliphatic carbocycles. The molecule has 0 aliphatic heterocycles. The van der Waals surface area contributed by atoms with Gasteiger partial charge >= 0.3 is 0 Å². The molecule has 0 spiro atoms. The summed E-state index contributed by atoms with van der Waals surface area (Å²) in [4.78, 5) is 16.1. The van der Waals surface area contributed by atoms with Crippen LogP contribution in [0.25, 0.3) is 0 Å². The highest BCUT2D eigenvalue weighted by Gasteiger charge is 2.17. The van der Waals surface area contributed by atoms with Crippen LogP contribution in [0.2, 0.25) is 5.02 Å². The standard InChI is InChI=1S/C15H13ClN4OS/c16-13-3-1-11(2-4-13)15(12-5-6-22-8-12)19-14(21)7-20-10-17-9-18-20/h1-6,8-10,15H,7H2,(H,19,21)/t15-/m1/s1. The van der Waals surface area contributed by atoms with E-state index in [1.165, 1.54) is 17.3 Å². The number of carbonyl (C=O) groups is 1. The van der Waals surface area contributed by atoms with E-state index in [9.17, 15) is 4.79 Å². The molecule has 1 N–H and O–H groups in total. The smallest absolute Gasteiger partial charge is 0.242 e. The highest BCUT2D eigenvalue weighted by molar-refractivity contribution is 7.08. The fraction of sp³-hybridized carbons (Fsp3) is 0.133. The lowest BCUT2D eigenvalue weighted by atomic mass is 10.0. The van der Waals surface area contributed by atoms with Crippen molar-refractivity contribution in [1.82, 2.24) is 20.1 Å². The molecule has 3 aromatic rings. The normalized spacial score (nSPS) is 12.0. The van der Waals surface area contributed by atoms with Crippen LogP contribution in [0.3, 0.4) is 0 Å². The Labute approximate surface area is 136 Å². The van der Waals surface area contributed by atoms with Gasteiger partial charge in [-0.3, -0.25) is 4.79 Å². The van der Waals surface area contributed by atoms with Crippen molar-refractivity contribution < 1.29 is 4.79 Å². The molecule has 1 aromatic carbocycles. The van der Waals surface area contributed by atoms with Crippen molar-refractivity contribution in [2.24, 2.45) is 0 Å². The van der Waals surface area contributed by atoms with E-state index < -0.39 is 0 Å². The summed E-state index contributed by atoms with van der Waals surface area (Å²) < 4.78 is 1.49. The van der Waals surface area contributed by atoms with Crippen molar-refractivity contribution in [3.63, 3.8) is 0 Å². The fourth-order valence-electron chi connectivity index (χ4n) is 2.12. The van der Waals surface area contributed by atoms with E-state index in [0.717, 1.165) is 11.1 Å². The quantitative estimate of drug-likeness (QED) is 0.781. The zero-order chi connectivity index (χ0) is 15.4. The highest BCUT2D eigenvalue weighted by Crippen LogP contribution is 2.25. The van der Waals surface area contributed by atoms with Gasteiger partial charge in [-0.05, 0) is 40.1 Å². The lowest BCUT2D eigenvalue weighted by molar-refractivity contribution is -0.122. The molecule has 0 bridgehead atoms. The largest absolute Gasteiger partial charge is 0.344 e. The molecule has 0 saturated carbocycles. The summed E-state index contributed by atoms with van der Waals surface area (Å²) in [5, 5.41) is 11.6. The van der Waals surface area contributed by atoms with Crippen molar-refractivity contribution in [2.45, 2.75) is 12.6 Å². The molecule has 0 radical (unpaired) electrons. The van der Waals surface area contributed by atoms with Crippen LogP contribution in [0.15, 0.2) is 53.7 Å². The van der Waals surface area contributed by atoms with E-state index in [1.807, 2.05) is 41.1 Å². The second-order valence-corrected chi connectivity index (χ2v) is 5.92. The molecule has 2 aromatic heterocycles. The van der Waals surface area contributed by atoms with Crippen LogP contribution >= 0.6 is 22.9 Å². The van der Waals surface area contributed by atoms with Crippen molar-refractivity contribution >= 4 is 28.8 Å². The fourth-order valence-corrected chi connectivity index (χ4v) is 2.93. The molecule has 0 aliphatic rings. The molecule has 0 fully saturated rings. The van der Waals surface area contributed by atoms with Crippen LogP contribution in [0.4, 0.5) is 0 Å². The maximum absolute atomic E-state index is 12.2. The number of hydrogen-bond donors (Lipinski definition) is 1.